The number of aromatic hydroxyl groups is 1. The SMILES string of the molecule is CC[C@@H]1c2cccc(O)c2C(=O)C2C(=O)[C@]3(O)C(=O)C(C(N)=O)C(=O)[C@@H](N(C)C)[C@@H]3C[C@@H]21. The summed E-state index contributed by atoms with van der Waals surface area (Å²) in [5.41, 5.74) is 3.24. The molecule has 2 saturated carbocycles. The number of aliphatic hydroxyl groups is 1. The van der Waals surface area contributed by atoms with Crippen molar-refractivity contribution in [3.63, 3.8) is 0 Å². The number of benzene rings is 1. The molecule has 0 radical (unpaired) electrons. The van der Waals surface area contributed by atoms with Gasteiger partial charge in [0.25, 0.3) is 0 Å². The number of Topliss-reactive ketones (excluding diaryl/α,β-unsaturated/α-hetero) is 4. The Morgan fingerprint density at radius 2 is 1.84 bits per heavy atom. The maximum atomic E-state index is 13.7. The van der Waals surface area contributed by atoms with Crippen LogP contribution < -0.4 is 5.73 Å². The third-order valence-corrected chi connectivity index (χ3v) is 7.54. The quantitative estimate of drug-likeness (QED) is 0.545. The fourth-order valence-corrected chi connectivity index (χ4v) is 6.23. The highest BCUT2D eigenvalue weighted by Crippen LogP contribution is 2.55. The first kappa shape index (κ1) is 22.3. The molecule has 7 atom stereocenters. The summed E-state index contributed by atoms with van der Waals surface area (Å²) in [5.74, 6) is -10.5. The van der Waals surface area contributed by atoms with Gasteiger partial charge in [-0.2, -0.15) is 0 Å². The lowest BCUT2D eigenvalue weighted by molar-refractivity contribution is -0.182. The van der Waals surface area contributed by atoms with E-state index in [4.69, 9.17) is 5.73 Å². The standard InChI is InChI=1S/C23H26N2O7/c1-4-9-10-6-5-7-13(26)14(10)18(27)15-11(9)8-12-17(25(2)3)19(28)16(22(24)31)21(30)23(12,32)20(15)29/h5-7,9,11-12,15-17,26,32H,4,8H2,1-3H3,(H2,24,31)/t9-,11-,12+,15?,16?,17+,23+/m1/s1. The van der Waals surface area contributed by atoms with Crippen LogP contribution in [0, 0.1) is 23.7 Å². The van der Waals surface area contributed by atoms with Gasteiger partial charge in [0.2, 0.25) is 5.91 Å². The molecule has 4 rings (SSSR count). The molecule has 9 nitrogen and oxygen atoms in total. The van der Waals surface area contributed by atoms with Crippen molar-refractivity contribution in [2.75, 3.05) is 14.1 Å². The summed E-state index contributed by atoms with van der Waals surface area (Å²) < 4.78 is 0. The number of hydrogen-bond acceptors (Lipinski definition) is 8. The van der Waals surface area contributed by atoms with Gasteiger partial charge in [-0.3, -0.25) is 28.9 Å². The van der Waals surface area contributed by atoms with Gasteiger partial charge in [-0.1, -0.05) is 19.1 Å². The Hall–Kier alpha value is -2.91. The molecule has 4 N–H and O–H groups in total. The van der Waals surface area contributed by atoms with Crippen LogP contribution in [0.15, 0.2) is 18.2 Å². The summed E-state index contributed by atoms with van der Waals surface area (Å²) in [6, 6.07) is 3.61. The number of hydrogen-bond donors (Lipinski definition) is 3. The van der Waals surface area contributed by atoms with Crippen molar-refractivity contribution in [3.8, 4) is 5.75 Å². The lowest BCUT2D eigenvalue weighted by Crippen LogP contribution is -2.74. The van der Waals surface area contributed by atoms with Crippen LogP contribution in [0.5, 0.6) is 5.75 Å². The molecule has 1 aromatic rings. The van der Waals surface area contributed by atoms with Crippen molar-refractivity contribution in [2.24, 2.45) is 29.4 Å². The highest BCUT2D eigenvalue weighted by Gasteiger charge is 2.70. The summed E-state index contributed by atoms with van der Waals surface area (Å²) >= 11 is 0. The van der Waals surface area contributed by atoms with E-state index in [2.05, 4.69) is 0 Å². The highest BCUT2D eigenvalue weighted by atomic mass is 16.3. The van der Waals surface area contributed by atoms with Crippen molar-refractivity contribution in [2.45, 2.75) is 37.3 Å². The van der Waals surface area contributed by atoms with Crippen molar-refractivity contribution in [1.29, 1.82) is 0 Å². The topological polar surface area (TPSA) is 155 Å². The van der Waals surface area contributed by atoms with Crippen molar-refractivity contribution >= 4 is 29.0 Å². The number of amides is 1. The number of phenolic OH excluding ortho intramolecular Hbond substituents is 1. The monoisotopic (exact) mass is 442 g/mol. The van der Waals surface area contributed by atoms with E-state index in [1.807, 2.05) is 6.92 Å². The van der Waals surface area contributed by atoms with E-state index >= 15 is 0 Å². The van der Waals surface area contributed by atoms with Crippen LogP contribution in [0.1, 0.15) is 41.6 Å². The van der Waals surface area contributed by atoms with Crippen LogP contribution in [0.25, 0.3) is 0 Å². The molecule has 1 aromatic carbocycles. The molecule has 0 heterocycles. The number of ketones is 4. The maximum absolute atomic E-state index is 13.7. The Bertz CT molecular complexity index is 1060. The maximum Gasteiger partial charge on any atom is 0.235 e. The Labute approximate surface area is 184 Å². The van der Waals surface area contributed by atoms with Gasteiger partial charge in [-0.05, 0) is 50.4 Å². The van der Waals surface area contributed by atoms with E-state index in [0.29, 0.717) is 12.0 Å². The average Bonchev–Trinajstić information content (AvgIpc) is 2.70. The van der Waals surface area contributed by atoms with Crippen molar-refractivity contribution in [3.05, 3.63) is 29.3 Å². The number of likely N-dealkylation sites (N-methyl/N-ethyl adjacent to an activating group) is 1. The predicted octanol–water partition coefficient (Wildman–Crippen LogP) is -0.182. The van der Waals surface area contributed by atoms with Gasteiger partial charge in [0.05, 0.1) is 17.5 Å². The minimum absolute atomic E-state index is 0.0194. The number of carbonyl (C=O) groups excluding carboxylic acids is 5. The third kappa shape index (κ3) is 2.67. The normalized spacial score (nSPS) is 36.5. The molecule has 2 fully saturated rings. The molecule has 0 aromatic heterocycles. The average molecular weight is 442 g/mol. The largest absolute Gasteiger partial charge is 0.507 e. The molecule has 9 heteroatoms. The van der Waals surface area contributed by atoms with Gasteiger partial charge in [-0.25, -0.2) is 0 Å². The minimum atomic E-state index is -2.69. The summed E-state index contributed by atoms with van der Waals surface area (Å²) in [6.45, 7) is 1.89. The molecule has 3 aliphatic rings. The second-order valence-electron chi connectivity index (χ2n) is 9.25. The first-order chi connectivity index (χ1) is 15.0. The second kappa shape index (κ2) is 7.31. The van der Waals surface area contributed by atoms with E-state index in [1.165, 1.54) is 11.0 Å². The molecule has 0 saturated heterocycles. The van der Waals surface area contributed by atoms with Gasteiger partial charge in [-0.15, -0.1) is 0 Å². The summed E-state index contributed by atoms with van der Waals surface area (Å²) in [4.78, 5) is 66.8. The summed E-state index contributed by atoms with van der Waals surface area (Å²) in [6.07, 6.45) is 0.597. The van der Waals surface area contributed by atoms with E-state index in [0.717, 1.165) is 0 Å². The molecule has 0 bridgehead atoms. The zero-order valence-corrected chi connectivity index (χ0v) is 18.1. The number of nitrogens with zero attached hydrogens (tertiary/aromatic N) is 1. The predicted molar refractivity (Wildman–Crippen MR) is 111 cm³/mol. The molecule has 0 spiro atoms. The van der Waals surface area contributed by atoms with Crippen LogP contribution in [0.4, 0.5) is 0 Å². The molecule has 2 unspecified atom stereocenters. The number of rotatable bonds is 3. The third-order valence-electron chi connectivity index (χ3n) is 7.54. The number of fused-ring (bicyclic) bond motifs is 3. The highest BCUT2D eigenvalue weighted by molar-refractivity contribution is 6.32. The first-order valence-corrected chi connectivity index (χ1v) is 10.6. The Balaban J connectivity index is 1.92. The van der Waals surface area contributed by atoms with E-state index in [1.54, 1.807) is 26.2 Å². The zero-order chi connectivity index (χ0) is 23.7. The molecule has 32 heavy (non-hydrogen) atoms. The molecular weight excluding hydrogens is 416 g/mol. The van der Waals surface area contributed by atoms with E-state index in [-0.39, 0.29) is 23.7 Å². The first-order valence-electron chi connectivity index (χ1n) is 10.6. The lowest BCUT2D eigenvalue weighted by Gasteiger charge is -2.54. The Morgan fingerprint density at radius 1 is 1.19 bits per heavy atom. The fraction of sp³-hybridized carbons (Fsp3) is 0.522. The van der Waals surface area contributed by atoms with Crippen LogP contribution >= 0.6 is 0 Å². The van der Waals surface area contributed by atoms with Crippen LogP contribution in [-0.4, -0.2) is 69.9 Å². The number of phenols is 1. The summed E-state index contributed by atoms with van der Waals surface area (Å²) in [5, 5.41) is 21.9. The van der Waals surface area contributed by atoms with Gasteiger partial charge < -0.3 is 15.9 Å². The van der Waals surface area contributed by atoms with Gasteiger partial charge in [0, 0.05) is 5.92 Å². The Morgan fingerprint density at radius 3 is 2.41 bits per heavy atom. The van der Waals surface area contributed by atoms with Gasteiger partial charge in [0.15, 0.2) is 34.7 Å². The van der Waals surface area contributed by atoms with Crippen LogP contribution in [0.3, 0.4) is 0 Å². The number of primary amides is 1. The van der Waals surface area contributed by atoms with Crippen LogP contribution in [-0.2, 0) is 19.2 Å². The van der Waals surface area contributed by atoms with E-state index in [9.17, 15) is 34.2 Å². The second-order valence-corrected chi connectivity index (χ2v) is 9.25. The lowest BCUT2D eigenvalue weighted by atomic mass is 9.50. The number of carbonyl (C=O) groups is 5. The summed E-state index contributed by atoms with van der Waals surface area (Å²) in [7, 11) is 3.12. The number of nitrogens with two attached hydrogens (primary N) is 1. The molecule has 170 valence electrons. The minimum Gasteiger partial charge on any atom is -0.507 e. The smallest absolute Gasteiger partial charge is 0.235 e. The van der Waals surface area contributed by atoms with Gasteiger partial charge >= 0.3 is 0 Å². The van der Waals surface area contributed by atoms with Crippen molar-refractivity contribution in [1.82, 2.24) is 4.90 Å². The van der Waals surface area contributed by atoms with E-state index < -0.39 is 64.4 Å². The fourth-order valence-electron chi connectivity index (χ4n) is 6.23. The Kier molecular flexibility index (Phi) is 5.09. The van der Waals surface area contributed by atoms with Crippen molar-refractivity contribution < 1.29 is 34.2 Å². The molecule has 0 aliphatic heterocycles. The van der Waals surface area contributed by atoms with Gasteiger partial charge in [0.1, 0.15) is 5.75 Å². The molecule has 3 aliphatic carbocycles. The zero-order valence-electron chi connectivity index (χ0n) is 18.1. The van der Waals surface area contributed by atoms with Crippen LogP contribution in [0.2, 0.25) is 0 Å². The molecule has 1 amide bonds. The molecular formula is C23H26N2O7.